The quantitative estimate of drug-likeness (QED) is 0.342. The van der Waals surface area contributed by atoms with E-state index in [2.05, 4.69) is 25.9 Å². The summed E-state index contributed by atoms with van der Waals surface area (Å²) in [4.78, 5) is 32.9. The molecule has 0 saturated carbocycles. The molecule has 0 aliphatic heterocycles. The van der Waals surface area contributed by atoms with Gasteiger partial charge in [0.05, 0.1) is 6.61 Å². The van der Waals surface area contributed by atoms with Crippen molar-refractivity contribution in [2.45, 2.75) is 12.1 Å². The molecule has 5 nitrogen and oxygen atoms in total. The largest absolute Gasteiger partial charge is 0.462 e. The van der Waals surface area contributed by atoms with Crippen molar-refractivity contribution in [2.75, 3.05) is 12.9 Å². The van der Waals surface area contributed by atoms with E-state index in [1.54, 1.807) is 31.4 Å². The second-order valence-corrected chi connectivity index (χ2v) is 5.87. The van der Waals surface area contributed by atoms with Crippen molar-refractivity contribution in [3.05, 3.63) is 51.8 Å². The maximum Gasteiger partial charge on any atom is 0.342 e. The number of nitrogens with zero attached hydrogens (tertiary/aromatic N) is 2. The Labute approximate surface area is 140 Å². The van der Waals surface area contributed by atoms with Gasteiger partial charge < -0.3 is 4.74 Å². The predicted octanol–water partition coefficient (Wildman–Crippen LogP) is 3.37. The Bertz CT molecular complexity index is 722. The smallest absolute Gasteiger partial charge is 0.342 e. The summed E-state index contributed by atoms with van der Waals surface area (Å²) in [6, 6.07) is 6.91. The Kier molecular flexibility index (Phi) is 5.68. The minimum absolute atomic E-state index is 0.0518. The number of carbonyl (C=O) groups is 2. The highest BCUT2D eigenvalue weighted by atomic mass is 79.9. The molecule has 0 saturated heterocycles. The number of ketones is 1. The first-order chi connectivity index (χ1) is 10.6. The molecule has 0 spiro atoms. The van der Waals surface area contributed by atoms with Gasteiger partial charge in [-0.1, -0.05) is 39.8 Å². The molecule has 2 aromatic rings. The van der Waals surface area contributed by atoms with Gasteiger partial charge in [0, 0.05) is 16.2 Å². The number of hydrogen-bond donors (Lipinski definition) is 0. The highest BCUT2D eigenvalue weighted by Gasteiger charge is 2.22. The molecule has 0 amide bonds. The molecular weight excluding hydrogens is 368 g/mol. The minimum atomic E-state index is -0.603. The van der Waals surface area contributed by atoms with Crippen LogP contribution in [0.5, 0.6) is 0 Å². The van der Waals surface area contributed by atoms with Gasteiger partial charge in [-0.25, -0.2) is 14.8 Å². The van der Waals surface area contributed by atoms with Gasteiger partial charge >= 0.3 is 5.97 Å². The summed E-state index contributed by atoms with van der Waals surface area (Å²) in [7, 11) is 0. The maximum absolute atomic E-state index is 12.7. The number of halogens is 1. The summed E-state index contributed by atoms with van der Waals surface area (Å²) in [5, 5.41) is 0.423. The molecule has 2 rings (SSSR count). The molecule has 0 aliphatic rings. The summed E-state index contributed by atoms with van der Waals surface area (Å²) in [5.41, 5.74) is 0.561. The highest BCUT2D eigenvalue weighted by molar-refractivity contribution is 9.10. The third-order valence-electron chi connectivity index (χ3n) is 2.75. The topological polar surface area (TPSA) is 69.2 Å². The molecule has 1 heterocycles. The lowest BCUT2D eigenvalue weighted by Gasteiger charge is -2.08. The molecule has 0 N–H and O–H groups in total. The van der Waals surface area contributed by atoms with E-state index in [1.165, 1.54) is 18.0 Å². The van der Waals surface area contributed by atoms with E-state index in [1.807, 2.05) is 6.07 Å². The van der Waals surface area contributed by atoms with Crippen molar-refractivity contribution < 1.29 is 14.3 Å². The first kappa shape index (κ1) is 16.6. The van der Waals surface area contributed by atoms with Crippen molar-refractivity contribution in [1.29, 1.82) is 0 Å². The van der Waals surface area contributed by atoms with Crippen LogP contribution < -0.4 is 0 Å². The number of carbonyl (C=O) groups excluding carboxylic acids is 2. The number of ether oxygens (including phenoxy) is 1. The fraction of sp³-hybridized carbons (Fsp3) is 0.200. The highest BCUT2D eigenvalue weighted by Crippen LogP contribution is 2.19. The van der Waals surface area contributed by atoms with Crippen LogP contribution in [0.4, 0.5) is 0 Å². The first-order valence-corrected chi connectivity index (χ1v) is 8.47. The molecule has 0 atom stereocenters. The van der Waals surface area contributed by atoms with Crippen LogP contribution in [0.25, 0.3) is 0 Å². The number of thioether (sulfide) groups is 1. The average Bonchev–Trinajstić information content (AvgIpc) is 2.53. The number of benzene rings is 1. The van der Waals surface area contributed by atoms with E-state index in [-0.39, 0.29) is 23.6 Å². The van der Waals surface area contributed by atoms with Crippen LogP contribution in [0, 0.1) is 0 Å². The zero-order chi connectivity index (χ0) is 16.1. The monoisotopic (exact) mass is 380 g/mol. The Morgan fingerprint density at radius 3 is 2.77 bits per heavy atom. The molecule has 0 fully saturated rings. The van der Waals surface area contributed by atoms with E-state index in [9.17, 15) is 9.59 Å². The number of rotatable bonds is 5. The van der Waals surface area contributed by atoms with E-state index in [0.29, 0.717) is 10.7 Å². The molecule has 0 aliphatic carbocycles. The minimum Gasteiger partial charge on any atom is -0.462 e. The van der Waals surface area contributed by atoms with Crippen LogP contribution in [0.1, 0.15) is 33.3 Å². The summed E-state index contributed by atoms with van der Waals surface area (Å²) >= 11 is 4.62. The third-order valence-corrected chi connectivity index (χ3v) is 3.80. The summed E-state index contributed by atoms with van der Waals surface area (Å²) in [6.45, 7) is 1.92. The summed E-state index contributed by atoms with van der Waals surface area (Å²) in [6.07, 6.45) is 3.13. The predicted molar refractivity (Wildman–Crippen MR) is 87.3 cm³/mol. The molecule has 114 valence electrons. The average molecular weight is 381 g/mol. The van der Waals surface area contributed by atoms with Gasteiger partial charge in [-0.15, -0.1) is 0 Å². The van der Waals surface area contributed by atoms with Gasteiger partial charge in [0.15, 0.2) is 5.16 Å². The lowest BCUT2D eigenvalue weighted by atomic mass is 10.0. The fourth-order valence-corrected chi connectivity index (χ4v) is 2.50. The zero-order valence-corrected chi connectivity index (χ0v) is 14.4. The van der Waals surface area contributed by atoms with Gasteiger partial charge in [-0.2, -0.15) is 0 Å². The molecule has 0 unspecified atom stereocenters. The number of esters is 1. The van der Waals surface area contributed by atoms with Crippen molar-refractivity contribution >= 4 is 39.4 Å². The third kappa shape index (κ3) is 3.72. The lowest BCUT2D eigenvalue weighted by molar-refractivity contribution is 0.0522. The molecule has 0 radical (unpaired) electrons. The van der Waals surface area contributed by atoms with E-state index in [0.717, 1.165) is 4.47 Å². The van der Waals surface area contributed by atoms with E-state index < -0.39 is 5.97 Å². The van der Waals surface area contributed by atoms with Crippen LogP contribution in [0.2, 0.25) is 0 Å². The Balaban J connectivity index is 2.51. The van der Waals surface area contributed by atoms with Crippen LogP contribution in [-0.2, 0) is 4.74 Å². The van der Waals surface area contributed by atoms with Crippen molar-refractivity contribution in [3.8, 4) is 0 Å². The fourth-order valence-electron chi connectivity index (χ4n) is 1.76. The van der Waals surface area contributed by atoms with E-state index >= 15 is 0 Å². The lowest BCUT2D eigenvalue weighted by Crippen LogP contribution is -2.16. The molecule has 0 bridgehead atoms. The van der Waals surface area contributed by atoms with E-state index in [4.69, 9.17) is 4.74 Å². The van der Waals surface area contributed by atoms with Gasteiger partial charge in [-0.05, 0) is 25.3 Å². The molecular formula is C15H13BrN2O3S. The van der Waals surface area contributed by atoms with Crippen molar-refractivity contribution in [2.24, 2.45) is 0 Å². The van der Waals surface area contributed by atoms with Crippen molar-refractivity contribution in [3.63, 3.8) is 0 Å². The van der Waals surface area contributed by atoms with Gasteiger partial charge in [-0.3, -0.25) is 4.79 Å². The normalized spacial score (nSPS) is 10.3. The maximum atomic E-state index is 12.7. The number of aromatic nitrogens is 2. The first-order valence-electron chi connectivity index (χ1n) is 6.45. The number of hydrogen-bond acceptors (Lipinski definition) is 6. The molecule has 7 heteroatoms. The Hall–Kier alpha value is -1.73. The summed E-state index contributed by atoms with van der Waals surface area (Å²) < 4.78 is 5.74. The molecule has 22 heavy (non-hydrogen) atoms. The van der Waals surface area contributed by atoms with Crippen LogP contribution in [0.3, 0.4) is 0 Å². The second kappa shape index (κ2) is 7.51. The SMILES string of the molecule is CCOC(=O)c1cnc(SC)nc1C(=O)c1cccc(Br)c1. The zero-order valence-electron chi connectivity index (χ0n) is 12.0. The van der Waals surface area contributed by atoms with Gasteiger partial charge in [0.25, 0.3) is 0 Å². The molecule has 1 aromatic heterocycles. The second-order valence-electron chi connectivity index (χ2n) is 4.18. The Morgan fingerprint density at radius 2 is 2.14 bits per heavy atom. The van der Waals surface area contributed by atoms with Crippen LogP contribution in [0.15, 0.2) is 40.1 Å². The van der Waals surface area contributed by atoms with Gasteiger partial charge in [0.1, 0.15) is 11.3 Å². The Morgan fingerprint density at radius 1 is 1.36 bits per heavy atom. The molecule has 1 aromatic carbocycles. The standard InChI is InChI=1S/C15H13BrN2O3S/c1-3-21-14(20)11-8-17-15(22-2)18-12(11)13(19)9-5-4-6-10(16)7-9/h4-8H,3H2,1-2H3. The van der Waals surface area contributed by atoms with Crippen molar-refractivity contribution in [1.82, 2.24) is 9.97 Å². The summed E-state index contributed by atoms with van der Waals surface area (Å²) in [5.74, 6) is -0.949. The van der Waals surface area contributed by atoms with Crippen LogP contribution in [-0.4, -0.2) is 34.6 Å². The van der Waals surface area contributed by atoms with Crippen LogP contribution >= 0.6 is 27.7 Å². The van der Waals surface area contributed by atoms with Gasteiger partial charge in [0.2, 0.25) is 5.78 Å².